The lowest BCUT2D eigenvalue weighted by atomic mass is 9.80. The van der Waals surface area contributed by atoms with Crippen LogP contribution in [0.2, 0.25) is 0 Å². The highest BCUT2D eigenvalue weighted by molar-refractivity contribution is 5.90. The van der Waals surface area contributed by atoms with Crippen LogP contribution in [0.4, 0.5) is 0 Å². The molecule has 1 unspecified atom stereocenters. The minimum atomic E-state index is -0.341. The molecule has 68 valence electrons. The van der Waals surface area contributed by atoms with Crippen molar-refractivity contribution in [1.29, 1.82) is 0 Å². The third-order valence-corrected chi connectivity index (χ3v) is 3.51. The van der Waals surface area contributed by atoms with Gasteiger partial charge in [-0.2, -0.15) is 0 Å². The fourth-order valence-electron chi connectivity index (χ4n) is 2.97. The topological polar surface area (TPSA) is 43.4 Å². The van der Waals surface area contributed by atoms with E-state index in [1.54, 1.807) is 0 Å². The lowest BCUT2D eigenvalue weighted by molar-refractivity contribution is -0.171. The fourth-order valence-corrected chi connectivity index (χ4v) is 2.97. The van der Waals surface area contributed by atoms with E-state index in [1.165, 1.54) is 0 Å². The molecule has 3 nitrogen and oxygen atoms in total. The molecule has 3 rings (SSSR count). The summed E-state index contributed by atoms with van der Waals surface area (Å²) < 4.78 is 4.64. The minimum absolute atomic E-state index is 0.0206. The summed E-state index contributed by atoms with van der Waals surface area (Å²) in [6, 6.07) is 0. The second-order valence-electron chi connectivity index (χ2n) is 4.14. The summed E-state index contributed by atoms with van der Waals surface area (Å²) in [6.45, 7) is 0. The second-order valence-corrected chi connectivity index (χ2v) is 4.14. The molecule has 1 saturated carbocycles. The van der Waals surface area contributed by atoms with E-state index in [1.807, 2.05) is 0 Å². The van der Waals surface area contributed by atoms with Crippen LogP contribution in [0.3, 0.4) is 0 Å². The SMILES string of the molecule is O=C1CC2[C@H]3C=C[C@@H](C3)[C@H]2C(=O)O1. The van der Waals surface area contributed by atoms with Crippen LogP contribution >= 0.6 is 0 Å². The van der Waals surface area contributed by atoms with Gasteiger partial charge in [0.1, 0.15) is 0 Å². The molecular formula is C10H10O3. The van der Waals surface area contributed by atoms with E-state index in [0.717, 1.165) is 6.42 Å². The van der Waals surface area contributed by atoms with Gasteiger partial charge in [0, 0.05) is 0 Å². The van der Waals surface area contributed by atoms with Gasteiger partial charge in [0.25, 0.3) is 0 Å². The highest BCUT2D eigenvalue weighted by atomic mass is 16.6. The van der Waals surface area contributed by atoms with Crippen LogP contribution in [-0.2, 0) is 14.3 Å². The Kier molecular flexibility index (Phi) is 1.25. The molecule has 4 atom stereocenters. The Morgan fingerprint density at radius 3 is 2.85 bits per heavy atom. The quantitative estimate of drug-likeness (QED) is 0.314. The van der Waals surface area contributed by atoms with Gasteiger partial charge in [0.05, 0.1) is 12.3 Å². The van der Waals surface area contributed by atoms with Crippen molar-refractivity contribution in [1.82, 2.24) is 0 Å². The van der Waals surface area contributed by atoms with Crippen molar-refractivity contribution in [2.45, 2.75) is 12.8 Å². The molecule has 1 aliphatic heterocycles. The maximum absolute atomic E-state index is 11.4. The van der Waals surface area contributed by atoms with E-state index in [9.17, 15) is 9.59 Å². The van der Waals surface area contributed by atoms with E-state index >= 15 is 0 Å². The Labute approximate surface area is 75.8 Å². The van der Waals surface area contributed by atoms with Crippen LogP contribution in [0.25, 0.3) is 0 Å². The largest absolute Gasteiger partial charge is 0.393 e. The molecule has 0 spiro atoms. The lowest BCUT2D eigenvalue weighted by Crippen LogP contribution is -2.37. The smallest absolute Gasteiger partial charge is 0.317 e. The summed E-state index contributed by atoms with van der Waals surface area (Å²) >= 11 is 0. The van der Waals surface area contributed by atoms with Crippen LogP contribution in [0.5, 0.6) is 0 Å². The van der Waals surface area contributed by atoms with Crippen LogP contribution in [-0.4, -0.2) is 11.9 Å². The lowest BCUT2D eigenvalue weighted by Gasteiger charge is -2.29. The van der Waals surface area contributed by atoms with Crippen LogP contribution in [0, 0.1) is 23.7 Å². The molecule has 0 aromatic rings. The summed E-state index contributed by atoms with van der Waals surface area (Å²) in [4.78, 5) is 22.4. The fraction of sp³-hybridized carbons (Fsp3) is 0.600. The average Bonchev–Trinajstić information content (AvgIpc) is 2.62. The van der Waals surface area contributed by atoms with Gasteiger partial charge in [-0.25, -0.2) is 0 Å². The van der Waals surface area contributed by atoms with Crippen molar-refractivity contribution in [3.63, 3.8) is 0 Å². The number of hydrogen-bond acceptors (Lipinski definition) is 3. The van der Waals surface area contributed by atoms with Crippen LogP contribution in [0.1, 0.15) is 12.8 Å². The molecule has 0 N–H and O–H groups in total. The van der Waals surface area contributed by atoms with Crippen molar-refractivity contribution in [3.8, 4) is 0 Å². The molecule has 0 aromatic carbocycles. The molecule has 2 bridgehead atoms. The van der Waals surface area contributed by atoms with Gasteiger partial charge in [0.15, 0.2) is 0 Å². The van der Waals surface area contributed by atoms with Crippen molar-refractivity contribution in [2.24, 2.45) is 23.7 Å². The van der Waals surface area contributed by atoms with Crippen molar-refractivity contribution < 1.29 is 14.3 Å². The first kappa shape index (κ1) is 7.30. The third kappa shape index (κ3) is 0.844. The van der Waals surface area contributed by atoms with Gasteiger partial charge in [0.2, 0.25) is 0 Å². The maximum atomic E-state index is 11.4. The number of rotatable bonds is 0. The monoisotopic (exact) mass is 178 g/mol. The first-order valence-electron chi connectivity index (χ1n) is 4.68. The Morgan fingerprint density at radius 2 is 2.00 bits per heavy atom. The van der Waals surface area contributed by atoms with Gasteiger partial charge >= 0.3 is 11.9 Å². The predicted octanol–water partition coefficient (Wildman–Crippen LogP) is 0.898. The molecular weight excluding hydrogens is 168 g/mol. The zero-order valence-electron chi connectivity index (χ0n) is 7.10. The van der Waals surface area contributed by atoms with Gasteiger partial charge in [-0.15, -0.1) is 0 Å². The van der Waals surface area contributed by atoms with Gasteiger partial charge in [-0.3, -0.25) is 9.59 Å². The summed E-state index contributed by atoms with van der Waals surface area (Å²) in [5.74, 6) is 0.379. The number of esters is 2. The first-order valence-corrected chi connectivity index (χ1v) is 4.68. The third-order valence-electron chi connectivity index (χ3n) is 3.51. The first-order chi connectivity index (χ1) is 6.25. The van der Waals surface area contributed by atoms with E-state index in [-0.39, 0.29) is 23.8 Å². The average molecular weight is 178 g/mol. The molecule has 3 heteroatoms. The van der Waals surface area contributed by atoms with Crippen molar-refractivity contribution >= 4 is 11.9 Å². The highest BCUT2D eigenvalue weighted by Crippen LogP contribution is 2.51. The van der Waals surface area contributed by atoms with E-state index in [2.05, 4.69) is 16.9 Å². The summed E-state index contributed by atoms with van der Waals surface area (Å²) in [5, 5.41) is 0. The Balaban J connectivity index is 1.98. The molecule has 1 saturated heterocycles. The second kappa shape index (κ2) is 2.22. The Hall–Kier alpha value is -1.12. The summed E-state index contributed by atoms with van der Waals surface area (Å²) in [5.41, 5.74) is 0. The molecule has 3 aliphatic rings. The Bertz CT molecular complexity index is 318. The van der Waals surface area contributed by atoms with Crippen molar-refractivity contribution in [2.75, 3.05) is 0 Å². The number of hydrogen-bond donors (Lipinski definition) is 0. The number of ether oxygens (including phenoxy) is 1. The number of carbonyl (C=O) groups excluding carboxylic acids is 2. The molecule has 13 heavy (non-hydrogen) atoms. The molecule has 2 fully saturated rings. The summed E-state index contributed by atoms with van der Waals surface area (Å²) in [6.07, 6.45) is 5.72. The number of allylic oxidation sites excluding steroid dienone is 2. The molecule has 0 amide bonds. The van der Waals surface area contributed by atoms with Crippen LogP contribution < -0.4 is 0 Å². The highest BCUT2D eigenvalue weighted by Gasteiger charge is 2.52. The molecule has 2 aliphatic carbocycles. The molecule has 1 heterocycles. The van der Waals surface area contributed by atoms with E-state index in [4.69, 9.17) is 0 Å². The zero-order chi connectivity index (χ0) is 9.00. The van der Waals surface area contributed by atoms with E-state index in [0.29, 0.717) is 18.3 Å². The van der Waals surface area contributed by atoms with E-state index < -0.39 is 0 Å². The Morgan fingerprint density at radius 1 is 1.23 bits per heavy atom. The van der Waals surface area contributed by atoms with Gasteiger partial charge in [-0.1, -0.05) is 12.2 Å². The number of cyclic esters (lactones) is 2. The van der Waals surface area contributed by atoms with Gasteiger partial charge < -0.3 is 4.74 Å². The zero-order valence-corrected chi connectivity index (χ0v) is 7.10. The molecule has 0 radical (unpaired) electrons. The maximum Gasteiger partial charge on any atom is 0.317 e. The van der Waals surface area contributed by atoms with Gasteiger partial charge in [-0.05, 0) is 24.2 Å². The minimum Gasteiger partial charge on any atom is -0.393 e. The van der Waals surface area contributed by atoms with Crippen LogP contribution in [0.15, 0.2) is 12.2 Å². The predicted molar refractivity (Wildman–Crippen MR) is 43.4 cm³/mol. The standard InChI is InChI=1S/C10H10O3/c11-8-4-7-5-1-2-6(3-5)9(7)10(12)13-8/h1-2,5-7,9H,3-4H2/t5-,6-,7?,9+/m0/s1. The number of carbonyl (C=O) groups is 2. The number of fused-ring (bicyclic) bond motifs is 5. The normalized spacial score (nSPS) is 46.5. The molecule has 0 aromatic heterocycles. The summed E-state index contributed by atoms with van der Waals surface area (Å²) in [7, 11) is 0. The van der Waals surface area contributed by atoms with Crippen molar-refractivity contribution in [3.05, 3.63) is 12.2 Å².